The third-order valence-electron chi connectivity index (χ3n) is 7.65. The first-order valence-corrected chi connectivity index (χ1v) is 12.7. The molecule has 3 aromatic rings. The molecule has 0 aliphatic carbocycles. The van der Waals surface area contributed by atoms with Crippen LogP contribution in [0.15, 0.2) is 42.5 Å². The van der Waals surface area contributed by atoms with Gasteiger partial charge in [-0.15, -0.1) is 0 Å². The standard InChI is InChI=1S/C28H16Cl2F6N2O4/c1-11-20(29)18(27(31,32)33)10-19(21(11)30)38-24(41)15-7-5-13(9-17(15)25(38)42)26(2,28(34,35)36)12-4-6-14-16(8-12)23(40)37(3)22(14)39/h4-10H,1-3H3. The number of halogens is 8. The number of carbonyl (C=O) groups excluding carboxylic acids is 4. The van der Waals surface area contributed by atoms with E-state index in [1.807, 2.05) is 0 Å². The van der Waals surface area contributed by atoms with E-state index < -0.39 is 79.4 Å². The molecule has 0 spiro atoms. The lowest BCUT2D eigenvalue weighted by Gasteiger charge is -2.33. The minimum Gasteiger partial charge on any atom is -0.277 e. The van der Waals surface area contributed by atoms with Crippen LogP contribution in [0, 0.1) is 6.92 Å². The molecule has 0 aromatic heterocycles. The highest BCUT2D eigenvalue weighted by Gasteiger charge is 2.55. The predicted octanol–water partition coefficient (Wildman–Crippen LogP) is 7.22. The van der Waals surface area contributed by atoms with Crippen LogP contribution >= 0.6 is 23.2 Å². The topological polar surface area (TPSA) is 74.8 Å². The average Bonchev–Trinajstić information content (AvgIpc) is 3.29. The van der Waals surface area contributed by atoms with Crippen molar-refractivity contribution in [2.24, 2.45) is 0 Å². The van der Waals surface area contributed by atoms with Gasteiger partial charge in [0.1, 0.15) is 5.41 Å². The lowest BCUT2D eigenvalue weighted by atomic mass is 9.74. The van der Waals surface area contributed by atoms with Gasteiger partial charge < -0.3 is 0 Å². The van der Waals surface area contributed by atoms with Crippen LogP contribution in [0.25, 0.3) is 0 Å². The molecule has 6 nitrogen and oxygen atoms in total. The molecule has 0 saturated heterocycles. The number of alkyl halides is 6. The predicted molar refractivity (Wildman–Crippen MR) is 139 cm³/mol. The summed E-state index contributed by atoms with van der Waals surface area (Å²) in [5.41, 5.74) is -7.21. The van der Waals surface area contributed by atoms with Gasteiger partial charge in [-0.3, -0.25) is 24.1 Å². The smallest absolute Gasteiger partial charge is 0.277 e. The van der Waals surface area contributed by atoms with E-state index in [1.165, 1.54) is 7.05 Å². The van der Waals surface area contributed by atoms with Crippen LogP contribution < -0.4 is 4.90 Å². The normalized spacial score (nSPS) is 16.7. The molecule has 3 aromatic carbocycles. The number of fused-ring (bicyclic) bond motifs is 2. The molecule has 42 heavy (non-hydrogen) atoms. The number of carbonyl (C=O) groups is 4. The van der Waals surface area contributed by atoms with E-state index in [2.05, 4.69) is 0 Å². The third kappa shape index (κ3) is 4.03. The molecule has 0 fully saturated rings. The Morgan fingerprint density at radius 1 is 0.667 bits per heavy atom. The monoisotopic (exact) mass is 628 g/mol. The van der Waals surface area contributed by atoms with Gasteiger partial charge in [0.2, 0.25) is 0 Å². The van der Waals surface area contributed by atoms with E-state index in [4.69, 9.17) is 23.2 Å². The zero-order chi connectivity index (χ0) is 31.3. The fraction of sp³-hybridized carbons (Fsp3) is 0.214. The Kier molecular flexibility index (Phi) is 6.55. The first-order chi connectivity index (χ1) is 19.3. The van der Waals surface area contributed by atoms with Gasteiger partial charge >= 0.3 is 12.4 Å². The second-order valence-electron chi connectivity index (χ2n) is 9.95. The summed E-state index contributed by atoms with van der Waals surface area (Å²) >= 11 is 12.0. The zero-order valence-corrected chi connectivity index (χ0v) is 23.1. The van der Waals surface area contributed by atoms with Crippen molar-refractivity contribution in [3.05, 3.63) is 97.0 Å². The average molecular weight is 629 g/mol. The number of benzene rings is 3. The maximum Gasteiger partial charge on any atom is 0.417 e. The molecule has 2 heterocycles. The molecular formula is C28H16Cl2F6N2O4. The second-order valence-corrected chi connectivity index (χ2v) is 10.7. The molecule has 2 aliphatic heterocycles. The van der Waals surface area contributed by atoms with Crippen LogP contribution in [-0.4, -0.2) is 41.8 Å². The van der Waals surface area contributed by atoms with Crippen LogP contribution in [0.2, 0.25) is 10.0 Å². The minimum absolute atomic E-state index is 0.0745. The Balaban J connectivity index is 1.65. The Bertz CT molecular complexity index is 1770. The number of hydrogen-bond acceptors (Lipinski definition) is 4. The lowest BCUT2D eigenvalue weighted by Crippen LogP contribution is -2.41. The van der Waals surface area contributed by atoms with Gasteiger partial charge in [-0.05, 0) is 60.9 Å². The van der Waals surface area contributed by atoms with E-state index in [1.54, 1.807) is 0 Å². The SMILES string of the molecule is Cc1c(Cl)c(N2C(=O)c3ccc(C(C)(c4ccc5c(c4)C(=O)N(C)C5=O)C(F)(F)F)cc3C2=O)cc(C(F)(F)F)c1Cl. The molecule has 1 atom stereocenters. The van der Waals surface area contributed by atoms with Crippen molar-refractivity contribution in [1.82, 2.24) is 4.90 Å². The van der Waals surface area contributed by atoms with Gasteiger partial charge in [-0.25, -0.2) is 4.90 Å². The molecule has 4 amide bonds. The maximum absolute atomic E-state index is 14.8. The summed E-state index contributed by atoms with van der Waals surface area (Å²) in [6.45, 7) is 1.95. The quantitative estimate of drug-likeness (QED) is 0.227. The molecule has 14 heteroatoms. The largest absolute Gasteiger partial charge is 0.417 e. The van der Waals surface area contributed by atoms with Crippen LogP contribution in [0.5, 0.6) is 0 Å². The van der Waals surface area contributed by atoms with Gasteiger partial charge in [-0.1, -0.05) is 35.3 Å². The number of imide groups is 2. The zero-order valence-electron chi connectivity index (χ0n) is 21.6. The molecule has 0 saturated carbocycles. The van der Waals surface area contributed by atoms with Crippen LogP contribution in [0.4, 0.5) is 32.0 Å². The van der Waals surface area contributed by atoms with Gasteiger partial charge in [0, 0.05) is 7.05 Å². The molecule has 218 valence electrons. The fourth-order valence-corrected chi connectivity index (χ4v) is 5.60. The summed E-state index contributed by atoms with van der Waals surface area (Å²) in [6.07, 6.45) is -9.99. The highest BCUT2D eigenvalue weighted by atomic mass is 35.5. The summed E-state index contributed by atoms with van der Waals surface area (Å²) in [4.78, 5) is 52.5. The first-order valence-electron chi connectivity index (χ1n) is 11.9. The lowest BCUT2D eigenvalue weighted by molar-refractivity contribution is -0.173. The van der Waals surface area contributed by atoms with E-state index in [9.17, 15) is 45.5 Å². The Morgan fingerprint density at radius 3 is 1.62 bits per heavy atom. The first kappa shape index (κ1) is 29.6. The third-order valence-corrected chi connectivity index (χ3v) is 8.61. The van der Waals surface area contributed by atoms with Crippen LogP contribution in [0.3, 0.4) is 0 Å². The highest BCUT2D eigenvalue weighted by molar-refractivity contribution is 6.42. The van der Waals surface area contributed by atoms with Crippen molar-refractivity contribution in [1.29, 1.82) is 0 Å². The van der Waals surface area contributed by atoms with E-state index in [0.29, 0.717) is 11.0 Å². The van der Waals surface area contributed by atoms with Gasteiger partial charge in [0.25, 0.3) is 23.6 Å². The summed E-state index contributed by atoms with van der Waals surface area (Å²) in [5.74, 6) is -3.77. The highest BCUT2D eigenvalue weighted by Crippen LogP contribution is 2.49. The number of hydrogen-bond donors (Lipinski definition) is 0. The van der Waals surface area contributed by atoms with Crippen molar-refractivity contribution < 1.29 is 45.5 Å². The van der Waals surface area contributed by atoms with Crippen LogP contribution in [0.1, 0.15) is 70.6 Å². The van der Waals surface area contributed by atoms with Gasteiger partial charge in [-0.2, -0.15) is 26.3 Å². The van der Waals surface area contributed by atoms with Gasteiger partial charge in [0.05, 0.1) is 43.5 Å². The van der Waals surface area contributed by atoms with Crippen molar-refractivity contribution in [3.8, 4) is 0 Å². The summed E-state index contributed by atoms with van der Waals surface area (Å²) in [7, 11) is 1.19. The van der Waals surface area contributed by atoms with Crippen molar-refractivity contribution in [2.45, 2.75) is 31.6 Å². The number of rotatable bonds is 3. The molecule has 1 unspecified atom stereocenters. The molecule has 0 radical (unpaired) electrons. The van der Waals surface area contributed by atoms with Crippen molar-refractivity contribution in [3.63, 3.8) is 0 Å². The molecule has 0 bridgehead atoms. The maximum atomic E-state index is 14.8. The summed E-state index contributed by atoms with van der Waals surface area (Å²) < 4.78 is 85.2. The second kappa shape index (κ2) is 9.30. The number of amides is 4. The molecular weight excluding hydrogens is 613 g/mol. The van der Waals surface area contributed by atoms with E-state index in [0.717, 1.165) is 55.1 Å². The summed E-state index contributed by atoms with van der Waals surface area (Å²) in [6, 6.07) is 6.28. The van der Waals surface area contributed by atoms with Crippen LogP contribution in [-0.2, 0) is 11.6 Å². The minimum atomic E-state index is -5.02. The Hall–Kier alpha value is -3.90. The Morgan fingerprint density at radius 2 is 1.12 bits per heavy atom. The Labute approximate surface area is 243 Å². The fourth-order valence-electron chi connectivity index (χ4n) is 5.06. The molecule has 5 rings (SSSR count). The van der Waals surface area contributed by atoms with E-state index >= 15 is 0 Å². The molecule has 2 aliphatic rings. The summed E-state index contributed by atoms with van der Waals surface area (Å²) in [5, 5.41) is -1.16. The molecule has 0 N–H and O–H groups in total. The van der Waals surface area contributed by atoms with Crippen molar-refractivity contribution in [2.75, 3.05) is 11.9 Å². The van der Waals surface area contributed by atoms with Gasteiger partial charge in [0.15, 0.2) is 0 Å². The number of nitrogens with zero attached hydrogens (tertiary/aromatic N) is 2. The number of anilines is 1. The van der Waals surface area contributed by atoms with Crippen molar-refractivity contribution >= 4 is 52.5 Å². The van der Waals surface area contributed by atoms with E-state index in [-0.39, 0.29) is 22.3 Å².